The Morgan fingerprint density at radius 3 is 2.65 bits per heavy atom. The molecular weight excluding hydrogens is 218 g/mol. The average Bonchev–Trinajstić information content (AvgIpc) is 2.28. The second-order valence-electron chi connectivity index (χ2n) is 3.86. The van der Waals surface area contributed by atoms with Crippen molar-refractivity contribution in [2.24, 2.45) is 0 Å². The number of aromatic nitrogens is 1. The van der Waals surface area contributed by atoms with Gasteiger partial charge in [0, 0.05) is 25.4 Å². The van der Waals surface area contributed by atoms with Crippen LogP contribution >= 0.6 is 0 Å². The van der Waals surface area contributed by atoms with Crippen molar-refractivity contribution in [3.63, 3.8) is 0 Å². The summed E-state index contributed by atoms with van der Waals surface area (Å²) >= 11 is 0. The molecule has 1 amide bonds. The van der Waals surface area contributed by atoms with E-state index < -0.39 is 0 Å². The average molecular weight is 231 g/mol. The summed E-state index contributed by atoms with van der Waals surface area (Å²) in [6.45, 7) is 1.47. The number of pyridine rings is 1. The van der Waals surface area contributed by atoms with Crippen molar-refractivity contribution in [3.8, 4) is 0 Å². The molecule has 0 radical (unpaired) electrons. The number of H-pyrrole nitrogens is 1. The Labute approximate surface area is 97.9 Å². The van der Waals surface area contributed by atoms with E-state index in [0.29, 0.717) is 16.9 Å². The number of amides is 1. The van der Waals surface area contributed by atoms with Gasteiger partial charge in [0.25, 0.3) is 0 Å². The first kappa shape index (κ1) is 11.2. The topological polar surface area (TPSA) is 79.2 Å². The van der Waals surface area contributed by atoms with Gasteiger partial charge in [-0.1, -0.05) is 0 Å². The third-order valence-electron chi connectivity index (χ3n) is 2.76. The van der Waals surface area contributed by atoms with E-state index in [1.54, 1.807) is 25.2 Å². The highest BCUT2D eigenvalue weighted by Gasteiger charge is 2.11. The second-order valence-corrected chi connectivity index (χ2v) is 3.86. The largest absolute Gasteiger partial charge is 0.396 e. The molecule has 17 heavy (non-hydrogen) atoms. The molecule has 1 heterocycles. The van der Waals surface area contributed by atoms with E-state index in [2.05, 4.69) is 4.98 Å². The van der Waals surface area contributed by atoms with Gasteiger partial charge in [-0.25, -0.2) is 0 Å². The van der Waals surface area contributed by atoms with Gasteiger partial charge < -0.3 is 15.6 Å². The molecule has 1 aromatic carbocycles. The van der Waals surface area contributed by atoms with E-state index >= 15 is 0 Å². The van der Waals surface area contributed by atoms with Gasteiger partial charge in [0.1, 0.15) is 0 Å². The summed E-state index contributed by atoms with van der Waals surface area (Å²) in [5.41, 5.74) is 7.60. The molecule has 0 spiro atoms. The lowest BCUT2D eigenvalue weighted by atomic mass is 10.1. The Hall–Kier alpha value is -2.30. The molecule has 0 fully saturated rings. The van der Waals surface area contributed by atoms with Crippen LogP contribution in [0.15, 0.2) is 29.1 Å². The molecule has 3 N–H and O–H groups in total. The van der Waals surface area contributed by atoms with Crippen LogP contribution in [-0.2, 0) is 4.79 Å². The molecule has 0 saturated carbocycles. The summed E-state index contributed by atoms with van der Waals surface area (Å²) in [6, 6.07) is 6.52. The molecule has 0 aliphatic heterocycles. The van der Waals surface area contributed by atoms with Crippen molar-refractivity contribution in [1.82, 2.24) is 4.98 Å². The summed E-state index contributed by atoms with van der Waals surface area (Å²) in [5, 5.41) is 0.732. The summed E-state index contributed by atoms with van der Waals surface area (Å²) < 4.78 is 0. The standard InChI is InChI=1S/C12H13N3O2/c1-7(16)15(2)10-5-4-9-8(12(10)13)3-6-11(17)14-9/h3-6H,13H2,1-2H3,(H,14,17). The maximum atomic E-state index is 11.3. The highest BCUT2D eigenvalue weighted by molar-refractivity contribution is 6.02. The Kier molecular flexibility index (Phi) is 2.59. The maximum absolute atomic E-state index is 11.3. The minimum atomic E-state index is -0.176. The molecule has 0 aliphatic rings. The van der Waals surface area contributed by atoms with Gasteiger partial charge in [-0.3, -0.25) is 9.59 Å². The van der Waals surface area contributed by atoms with Crippen LogP contribution in [0.3, 0.4) is 0 Å². The van der Waals surface area contributed by atoms with Crippen LogP contribution in [0.1, 0.15) is 6.92 Å². The lowest BCUT2D eigenvalue weighted by Gasteiger charge is -2.18. The third kappa shape index (κ3) is 1.87. The zero-order valence-electron chi connectivity index (χ0n) is 9.65. The van der Waals surface area contributed by atoms with Crippen LogP contribution in [-0.4, -0.2) is 17.9 Å². The summed E-state index contributed by atoms with van der Waals surface area (Å²) in [5.74, 6) is -0.0968. The number of nitrogens with one attached hydrogen (secondary N) is 1. The summed E-state index contributed by atoms with van der Waals surface area (Å²) in [4.78, 5) is 26.6. The molecular formula is C12H13N3O2. The minimum Gasteiger partial charge on any atom is -0.396 e. The molecule has 0 saturated heterocycles. The number of nitrogens with two attached hydrogens (primary N) is 1. The first-order valence-corrected chi connectivity index (χ1v) is 5.16. The minimum absolute atomic E-state index is 0.0968. The molecule has 0 aliphatic carbocycles. The van der Waals surface area contributed by atoms with Gasteiger partial charge >= 0.3 is 0 Å². The van der Waals surface area contributed by atoms with Crippen molar-refractivity contribution >= 4 is 28.2 Å². The van der Waals surface area contributed by atoms with Crippen LogP contribution < -0.4 is 16.2 Å². The van der Waals surface area contributed by atoms with Crippen molar-refractivity contribution in [3.05, 3.63) is 34.6 Å². The molecule has 5 nitrogen and oxygen atoms in total. The highest BCUT2D eigenvalue weighted by atomic mass is 16.2. The lowest BCUT2D eigenvalue weighted by molar-refractivity contribution is -0.116. The molecule has 2 rings (SSSR count). The van der Waals surface area contributed by atoms with E-state index in [1.165, 1.54) is 17.9 Å². The Morgan fingerprint density at radius 2 is 2.00 bits per heavy atom. The van der Waals surface area contributed by atoms with Crippen molar-refractivity contribution in [2.75, 3.05) is 17.7 Å². The quantitative estimate of drug-likeness (QED) is 0.721. The predicted octanol–water partition coefficient (Wildman–Crippen LogP) is 1.09. The van der Waals surface area contributed by atoms with E-state index in [1.807, 2.05) is 0 Å². The third-order valence-corrected chi connectivity index (χ3v) is 2.76. The Morgan fingerprint density at radius 1 is 1.29 bits per heavy atom. The fraction of sp³-hybridized carbons (Fsp3) is 0.167. The lowest BCUT2D eigenvalue weighted by Crippen LogP contribution is -2.24. The number of rotatable bonds is 1. The van der Waals surface area contributed by atoms with Crippen LogP contribution in [0.2, 0.25) is 0 Å². The number of carbonyl (C=O) groups is 1. The molecule has 1 aromatic heterocycles. The Bertz CT molecular complexity index is 646. The predicted molar refractivity (Wildman–Crippen MR) is 68.1 cm³/mol. The monoisotopic (exact) mass is 231 g/mol. The molecule has 2 aromatic rings. The number of anilines is 2. The Balaban J connectivity index is 2.70. The number of nitrogens with zero attached hydrogens (tertiary/aromatic N) is 1. The van der Waals surface area contributed by atoms with E-state index in [-0.39, 0.29) is 11.5 Å². The van der Waals surface area contributed by atoms with Crippen molar-refractivity contribution in [2.45, 2.75) is 6.92 Å². The first-order valence-electron chi connectivity index (χ1n) is 5.16. The molecule has 5 heteroatoms. The van der Waals surface area contributed by atoms with Crippen LogP contribution in [0.5, 0.6) is 0 Å². The number of benzene rings is 1. The number of nitrogen functional groups attached to an aromatic ring is 1. The number of fused-ring (bicyclic) bond motifs is 1. The normalized spacial score (nSPS) is 10.5. The van der Waals surface area contributed by atoms with Crippen LogP contribution in [0.4, 0.5) is 11.4 Å². The maximum Gasteiger partial charge on any atom is 0.248 e. The smallest absolute Gasteiger partial charge is 0.248 e. The first-order chi connectivity index (χ1) is 8.00. The van der Waals surface area contributed by atoms with Crippen LogP contribution in [0, 0.1) is 0 Å². The fourth-order valence-electron chi connectivity index (χ4n) is 1.71. The molecule has 88 valence electrons. The summed E-state index contributed by atoms with van der Waals surface area (Å²) in [6.07, 6.45) is 0. The van der Waals surface area contributed by atoms with Gasteiger partial charge in [0.05, 0.1) is 16.9 Å². The summed E-state index contributed by atoms with van der Waals surface area (Å²) in [7, 11) is 1.66. The fourth-order valence-corrected chi connectivity index (χ4v) is 1.71. The number of carbonyl (C=O) groups excluding carboxylic acids is 1. The zero-order chi connectivity index (χ0) is 12.6. The molecule has 0 unspecified atom stereocenters. The van der Waals surface area contributed by atoms with E-state index in [0.717, 1.165) is 5.39 Å². The van der Waals surface area contributed by atoms with Crippen molar-refractivity contribution in [1.29, 1.82) is 0 Å². The van der Waals surface area contributed by atoms with Gasteiger partial charge in [0.15, 0.2) is 0 Å². The van der Waals surface area contributed by atoms with Gasteiger partial charge in [0.2, 0.25) is 11.5 Å². The van der Waals surface area contributed by atoms with E-state index in [9.17, 15) is 9.59 Å². The van der Waals surface area contributed by atoms with Crippen molar-refractivity contribution < 1.29 is 4.79 Å². The number of hydrogen-bond acceptors (Lipinski definition) is 3. The number of aromatic amines is 1. The zero-order valence-corrected chi connectivity index (χ0v) is 9.65. The highest BCUT2D eigenvalue weighted by Crippen LogP contribution is 2.29. The molecule has 0 bridgehead atoms. The second kappa shape index (κ2) is 3.93. The SMILES string of the molecule is CC(=O)N(C)c1ccc2[nH]c(=O)ccc2c1N. The van der Waals surface area contributed by atoms with Crippen LogP contribution in [0.25, 0.3) is 10.9 Å². The molecule has 0 atom stereocenters. The van der Waals surface area contributed by atoms with Gasteiger partial charge in [-0.15, -0.1) is 0 Å². The van der Waals surface area contributed by atoms with Gasteiger partial charge in [-0.05, 0) is 18.2 Å². The number of hydrogen-bond donors (Lipinski definition) is 2. The van der Waals surface area contributed by atoms with E-state index in [4.69, 9.17) is 5.73 Å². The van der Waals surface area contributed by atoms with Gasteiger partial charge in [-0.2, -0.15) is 0 Å².